The smallest absolute Gasteiger partial charge is 0.269 e. The molecular weight excluding hydrogens is 368 g/mol. The van der Waals surface area contributed by atoms with Crippen LogP contribution in [0.15, 0.2) is 64.8 Å². The summed E-state index contributed by atoms with van der Waals surface area (Å²) in [5.74, 6) is -0.603. The van der Waals surface area contributed by atoms with Crippen molar-refractivity contribution in [3.63, 3.8) is 0 Å². The summed E-state index contributed by atoms with van der Waals surface area (Å²) in [6.45, 7) is 0. The number of nitro benzene ring substituents is 1. The maximum Gasteiger partial charge on any atom is 0.269 e. The van der Waals surface area contributed by atoms with Crippen molar-refractivity contribution in [2.24, 2.45) is 10.4 Å². The van der Waals surface area contributed by atoms with Crippen LogP contribution in [-0.2, 0) is 4.79 Å². The van der Waals surface area contributed by atoms with Crippen molar-refractivity contribution in [1.29, 1.82) is 0 Å². The Morgan fingerprint density at radius 1 is 1.15 bits per heavy atom. The molecule has 0 N–H and O–H groups in total. The Balaban J connectivity index is 2.11. The number of nitrogens with zero attached hydrogens (tertiary/aromatic N) is 2. The molecule has 0 spiro atoms. The molecule has 1 atom stereocenters. The fraction of sp³-hybridized carbons (Fsp3) is 0.250. The summed E-state index contributed by atoms with van der Waals surface area (Å²) in [5.41, 5.74) is -0.995. The fourth-order valence-corrected chi connectivity index (χ4v) is 3.57. The number of non-ortho nitro benzene ring substituents is 1. The third-order valence-corrected chi connectivity index (χ3v) is 4.99. The summed E-state index contributed by atoms with van der Waals surface area (Å²) in [4.78, 5) is 41.1. The van der Waals surface area contributed by atoms with E-state index in [0.29, 0.717) is 25.0 Å². The van der Waals surface area contributed by atoms with Crippen LogP contribution in [0.5, 0.6) is 0 Å². The predicted octanol–water partition coefficient (Wildman–Crippen LogP) is 4.55. The van der Waals surface area contributed by atoms with Gasteiger partial charge in [0.1, 0.15) is 10.6 Å². The Labute approximate surface area is 161 Å². The molecule has 1 aromatic rings. The van der Waals surface area contributed by atoms with Crippen LogP contribution in [0.2, 0.25) is 0 Å². The van der Waals surface area contributed by atoms with Crippen LogP contribution in [0.1, 0.15) is 36.0 Å². The maximum atomic E-state index is 13.4. The van der Waals surface area contributed by atoms with Gasteiger partial charge in [0.05, 0.1) is 10.6 Å². The molecule has 27 heavy (non-hydrogen) atoms. The highest BCUT2D eigenvalue weighted by Gasteiger charge is 2.50. The van der Waals surface area contributed by atoms with Crippen molar-refractivity contribution >= 4 is 34.6 Å². The Kier molecular flexibility index (Phi) is 5.46. The van der Waals surface area contributed by atoms with Crippen molar-refractivity contribution in [2.45, 2.75) is 25.7 Å². The molecule has 6 nitrogen and oxygen atoms in total. The van der Waals surface area contributed by atoms with Gasteiger partial charge in [-0.3, -0.25) is 19.7 Å². The lowest BCUT2D eigenvalue weighted by molar-refractivity contribution is -0.384. The van der Waals surface area contributed by atoms with Crippen LogP contribution in [0.4, 0.5) is 5.69 Å². The first-order valence-electron chi connectivity index (χ1n) is 8.57. The standard InChI is InChI=1S/C20H17ClN2O4/c21-18-8-3-1-2-6-16(22-18)20(13-5-4-7-17(20)24)19(25)14-9-11-15(12-10-14)23(26)27/h1-3,6,8-12H,4-5,7,13H2. The predicted molar refractivity (Wildman–Crippen MR) is 103 cm³/mol. The Hall–Kier alpha value is -2.86. The van der Waals surface area contributed by atoms with E-state index in [-0.39, 0.29) is 28.6 Å². The molecule has 1 aliphatic carbocycles. The van der Waals surface area contributed by atoms with Gasteiger partial charge in [0.2, 0.25) is 0 Å². The molecule has 1 fully saturated rings. The number of Topliss-reactive ketones (excluding diaryl/α,β-unsaturated/α-hetero) is 2. The molecule has 0 radical (unpaired) electrons. The van der Waals surface area contributed by atoms with Gasteiger partial charge in [-0.15, -0.1) is 0 Å². The largest absolute Gasteiger partial charge is 0.298 e. The average molecular weight is 385 g/mol. The van der Waals surface area contributed by atoms with Gasteiger partial charge in [-0.25, -0.2) is 4.99 Å². The van der Waals surface area contributed by atoms with E-state index in [2.05, 4.69) is 4.99 Å². The van der Waals surface area contributed by atoms with Crippen molar-refractivity contribution in [1.82, 2.24) is 0 Å². The second-order valence-corrected chi connectivity index (χ2v) is 6.79. The van der Waals surface area contributed by atoms with Gasteiger partial charge < -0.3 is 0 Å². The van der Waals surface area contributed by atoms with Crippen LogP contribution >= 0.6 is 11.6 Å². The molecule has 138 valence electrons. The van der Waals surface area contributed by atoms with E-state index >= 15 is 0 Å². The summed E-state index contributed by atoms with van der Waals surface area (Å²) < 4.78 is 0. The van der Waals surface area contributed by atoms with E-state index in [9.17, 15) is 19.7 Å². The molecule has 1 aromatic carbocycles. The molecule has 7 heteroatoms. The molecule has 1 unspecified atom stereocenters. The second kappa shape index (κ2) is 7.80. The minimum absolute atomic E-state index is 0.116. The van der Waals surface area contributed by atoms with Crippen molar-refractivity contribution in [3.8, 4) is 0 Å². The summed E-state index contributed by atoms with van der Waals surface area (Å²) >= 11 is 6.11. The molecular formula is C20H17ClN2O4. The summed E-state index contributed by atoms with van der Waals surface area (Å²) in [6, 6.07) is 5.29. The topological polar surface area (TPSA) is 89.6 Å². The SMILES string of the molecule is O=C1CCCCC1(C(=O)c1ccc([N+](=O)[O-])cc1)C1=NC(Cl)=CC=CC=C1. The zero-order valence-corrected chi connectivity index (χ0v) is 15.2. The van der Waals surface area contributed by atoms with Gasteiger partial charge in [0.25, 0.3) is 5.69 Å². The van der Waals surface area contributed by atoms with E-state index in [1.807, 2.05) is 0 Å². The highest BCUT2D eigenvalue weighted by Crippen LogP contribution is 2.39. The van der Waals surface area contributed by atoms with Gasteiger partial charge in [-0.2, -0.15) is 0 Å². The zero-order valence-electron chi connectivity index (χ0n) is 14.4. The molecule has 3 rings (SSSR count). The molecule has 1 saturated carbocycles. The number of carbonyl (C=O) groups is 2. The second-order valence-electron chi connectivity index (χ2n) is 6.40. The number of ketones is 2. The molecule has 0 bridgehead atoms. The minimum atomic E-state index is -1.43. The zero-order chi connectivity index (χ0) is 19.4. The number of benzene rings is 1. The number of hydrogen-bond acceptors (Lipinski definition) is 5. The maximum absolute atomic E-state index is 13.4. The van der Waals surface area contributed by atoms with Crippen LogP contribution < -0.4 is 0 Å². The monoisotopic (exact) mass is 384 g/mol. The van der Waals surface area contributed by atoms with Crippen LogP contribution in [0.25, 0.3) is 0 Å². The first-order chi connectivity index (χ1) is 12.9. The molecule has 0 aromatic heterocycles. The van der Waals surface area contributed by atoms with E-state index in [4.69, 9.17) is 11.6 Å². The molecule has 2 aliphatic rings. The first-order valence-corrected chi connectivity index (χ1v) is 8.95. The number of nitro groups is 1. The van der Waals surface area contributed by atoms with Gasteiger partial charge in [0, 0.05) is 24.1 Å². The molecule has 0 saturated heterocycles. The lowest BCUT2D eigenvalue weighted by Gasteiger charge is -2.34. The number of aliphatic imine (C=N–C) groups is 1. The molecule has 1 heterocycles. The number of rotatable bonds is 4. The van der Waals surface area contributed by atoms with E-state index in [0.717, 1.165) is 0 Å². The van der Waals surface area contributed by atoms with Crippen LogP contribution in [0, 0.1) is 15.5 Å². The third-order valence-electron chi connectivity index (χ3n) is 4.78. The molecule has 0 amide bonds. The van der Waals surface area contributed by atoms with Crippen LogP contribution in [0.3, 0.4) is 0 Å². The lowest BCUT2D eigenvalue weighted by atomic mass is 9.65. The number of carbonyl (C=O) groups excluding carboxylic acids is 2. The Morgan fingerprint density at radius 3 is 2.56 bits per heavy atom. The first kappa shape index (κ1) is 18.9. The van der Waals surface area contributed by atoms with Gasteiger partial charge >= 0.3 is 0 Å². The van der Waals surface area contributed by atoms with E-state index < -0.39 is 16.1 Å². The van der Waals surface area contributed by atoms with Gasteiger partial charge in [-0.05, 0) is 37.1 Å². The molecule has 1 aliphatic heterocycles. The summed E-state index contributed by atoms with van der Waals surface area (Å²) in [5, 5.41) is 11.0. The third kappa shape index (κ3) is 3.66. The Morgan fingerprint density at radius 2 is 1.89 bits per heavy atom. The van der Waals surface area contributed by atoms with Gasteiger partial charge in [0.15, 0.2) is 11.6 Å². The normalized spacial score (nSPS) is 22.5. The van der Waals surface area contributed by atoms with Crippen molar-refractivity contribution in [3.05, 3.63) is 75.5 Å². The highest BCUT2D eigenvalue weighted by molar-refractivity contribution is 6.35. The average Bonchev–Trinajstić information content (AvgIpc) is 2.65. The summed E-state index contributed by atoms with van der Waals surface area (Å²) in [6.07, 6.45) is 10.4. The Bertz CT molecular complexity index is 912. The van der Waals surface area contributed by atoms with E-state index in [1.165, 1.54) is 24.3 Å². The van der Waals surface area contributed by atoms with E-state index in [1.54, 1.807) is 30.4 Å². The quantitative estimate of drug-likeness (QED) is 0.250. The van der Waals surface area contributed by atoms with Crippen molar-refractivity contribution in [2.75, 3.05) is 0 Å². The lowest BCUT2D eigenvalue weighted by Crippen LogP contribution is -2.47. The summed E-state index contributed by atoms with van der Waals surface area (Å²) in [7, 11) is 0. The number of allylic oxidation sites excluding steroid dienone is 5. The minimum Gasteiger partial charge on any atom is -0.298 e. The highest BCUT2D eigenvalue weighted by atomic mass is 35.5. The van der Waals surface area contributed by atoms with Crippen molar-refractivity contribution < 1.29 is 14.5 Å². The number of halogens is 1. The van der Waals surface area contributed by atoms with Crippen LogP contribution in [-0.4, -0.2) is 22.2 Å². The van der Waals surface area contributed by atoms with Gasteiger partial charge in [-0.1, -0.05) is 36.2 Å². The fourth-order valence-electron chi connectivity index (χ4n) is 3.41. The number of hydrogen-bond donors (Lipinski definition) is 0.